The summed E-state index contributed by atoms with van der Waals surface area (Å²) in [5.74, 6) is -2.70. The van der Waals surface area contributed by atoms with E-state index in [0.29, 0.717) is 32.1 Å². The van der Waals surface area contributed by atoms with E-state index in [2.05, 4.69) is 34.6 Å². The SMILES string of the molecule is CCCNC[C@]1(O)[C@H](C)O[C@@H](O[C@H]2[C@H](C)[C@@H](O[C@@H]3O[C@H](C)C[C@H]4[C@H]3O/C(=N\c3ccccc3)N4Cc3ccccc3)[C@](C)(O)C[C@@H](C)CN[C@H](C)[C@@H](O)[C@](C)(O)[C@@H](CC)OC(=O)[C@@H]2C)C[C@@]1(C)OC. The number of ether oxygens (including phenoxy) is 7. The molecule has 0 radical (unpaired) electrons. The zero-order valence-electron chi connectivity index (χ0n) is 43.2. The molecule has 4 fully saturated rings. The molecular formula is C53H84N4O12. The van der Waals surface area contributed by atoms with E-state index in [1.54, 1.807) is 41.7 Å². The van der Waals surface area contributed by atoms with Crippen LogP contribution in [0.25, 0.3) is 0 Å². The second kappa shape index (κ2) is 23.1. The molecule has 388 valence electrons. The van der Waals surface area contributed by atoms with Crippen molar-refractivity contribution in [3.05, 3.63) is 66.2 Å². The van der Waals surface area contributed by atoms with Gasteiger partial charge < -0.3 is 69.1 Å². The molecule has 2 aromatic carbocycles. The lowest BCUT2D eigenvalue weighted by Crippen LogP contribution is -2.70. The Morgan fingerprint density at radius 3 is 2.20 bits per heavy atom. The lowest BCUT2D eigenvalue weighted by atomic mass is 9.75. The van der Waals surface area contributed by atoms with Crippen LogP contribution in [-0.2, 0) is 44.5 Å². The number of fused-ring (bicyclic) bond motifs is 1. The number of aliphatic hydroxyl groups excluding tert-OH is 1. The van der Waals surface area contributed by atoms with Gasteiger partial charge >= 0.3 is 5.97 Å². The third-order valence-corrected chi connectivity index (χ3v) is 15.4. The highest BCUT2D eigenvalue weighted by molar-refractivity contribution is 5.80. The maximum absolute atomic E-state index is 14.7. The molecule has 2 aromatic rings. The fourth-order valence-corrected chi connectivity index (χ4v) is 11.1. The normalized spacial score (nSPS) is 42.2. The molecule has 0 spiro atoms. The first-order chi connectivity index (χ1) is 32.6. The molecule has 4 heterocycles. The van der Waals surface area contributed by atoms with Crippen molar-refractivity contribution >= 4 is 17.7 Å². The van der Waals surface area contributed by atoms with Gasteiger partial charge in [0.2, 0.25) is 0 Å². The van der Waals surface area contributed by atoms with Gasteiger partial charge in [-0.3, -0.25) is 4.79 Å². The van der Waals surface area contributed by atoms with Crippen molar-refractivity contribution in [3.8, 4) is 0 Å². The van der Waals surface area contributed by atoms with Gasteiger partial charge in [-0.05, 0) is 111 Å². The number of carbonyl (C=O) groups excluding carboxylic acids is 1. The minimum absolute atomic E-state index is 0.0890. The number of benzene rings is 2. The number of amidine groups is 1. The van der Waals surface area contributed by atoms with Crippen molar-refractivity contribution in [1.29, 1.82) is 0 Å². The molecule has 0 amide bonds. The molecule has 4 saturated heterocycles. The van der Waals surface area contributed by atoms with E-state index in [-0.39, 0.29) is 43.9 Å². The molecule has 0 bridgehead atoms. The van der Waals surface area contributed by atoms with Crippen LogP contribution in [0.5, 0.6) is 0 Å². The molecular weight excluding hydrogens is 885 g/mol. The monoisotopic (exact) mass is 969 g/mol. The number of nitrogens with one attached hydrogen (secondary N) is 2. The van der Waals surface area contributed by atoms with E-state index in [1.165, 1.54) is 6.92 Å². The summed E-state index contributed by atoms with van der Waals surface area (Å²) in [5.41, 5.74) is -4.23. The molecule has 0 saturated carbocycles. The average Bonchev–Trinajstić information content (AvgIpc) is 3.64. The number of cyclic esters (lactones) is 1. The third kappa shape index (κ3) is 12.3. The van der Waals surface area contributed by atoms with E-state index >= 15 is 0 Å². The number of nitrogens with zero attached hydrogens (tertiary/aromatic N) is 2. The molecule has 16 heteroatoms. The molecule has 0 aliphatic carbocycles. The Morgan fingerprint density at radius 2 is 1.57 bits per heavy atom. The standard InChI is InChI=1S/C53H84N4O12/c1-13-25-54-31-53(62)37(8)65-42(28-51(53,10)63-12)67-43-34(5)46(50(9,60)27-32(3)29-55-36(7)45(58)52(11,61)41(14-2)66-47(59)35(43)6)69-48-44-40(26-33(4)64-48)57(30-38-21-17-15-18-22-38)49(68-44)56-39-23-19-16-20-24-39/h15-24,32-37,40-46,48,54-55,58,60-62H,13-14,25-31H2,1-12H3/b56-49-/t32-,33-,34+,35-,36-,37+,40+,41-,42+,43+,44-,45-,46-,48+,50-,51-,52-,53+/m1/s1. The molecule has 69 heavy (non-hydrogen) atoms. The Hall–Kier alpha value is -3.26. The predicted octanol–water partition coefficient (Wildman–Crippen LogP) is 5.59. The quantitative estimate of drug-likeness (QED) is 0.107. The van der Waals surface area contributed by atoms with Crippen LogP contribution >= 0.6 is 0 Å². The summed E-state index contributed by atoms with van der Waals surface area (Å²) in [6.07, 6.45) is -6.30. The summed E-state index contributed by atoms with van der Waals surface area (Å²) in [5, 5.41) is 55.4. The van der Waals surface area contributed by atoms with Gasteiger partial charge in [0.15, 0.2) is 18.7 Å². The van der Waals surface area contributed by atoms with Gasteiger partial charge in [0.25, 0.3) is 6.02 Å². The highest BCUT2D eigenvalue weighted by Gasteiger charge is 2.59. The lowest BCUT2D eigenvalue weighted by Gasteiger charge is -2.53. The minimum Gasteiger partial charge on any atom is -0.459 e. The summed E-state index contributed by atoms with van der Waals surface area (Å²) < 4.78 is 46.6. The number of aliphatic hydroxyl groups is 4. The van der Waals surface area contributed by atoms with Crippen molar-refractivity contribution in [2.24, 2.45) is 22.7 Å². The van der Waals surface area contributed by atoms with Gasteiger partial charge in [0, 0.05) is 38.6 Å². The van der Waals surface area contributed by atoms with Crippen molar-refractivity contribution in [1.82, 2.24) is 15.5 Å². The van der Waals surface area contributed by atoms with Crippen LogP contribution in [0.3, 0.4) is 0 Å². The Bertz CT molecular complexity index is 1960. The first-order valence-corrected chi connectivity index (χ1v) is 25.4. The molecule has 6 N–H and O–H groups in total. The van der Waals surface area contributed by atoms with Gasteiger partial charge in [-0.15, -0.1) is 0 Å². The number of esters is 1. The van der Waals surface area contributed by atoms with E-state index in [0.717, 1.165) is 17.7 Å². The summed E-state index contributed by atoms with van der Waals surface area (Å²) in [4.78, 5) is 21.8. The number of aliphatic imine (C=N–C) groups is 1. The average molecular weight is 969 g/mol. The Morgan fingerprint density at radius 1 is 0.899 bits per heavy atom. The number of para-hydroxylation sites is 1. The van der Waals surface area contributed by atoms with Crippen LogP contribution in [0.4, 0.5) is 5.69 Å². The van der Waals surface area contributed by atoms with Crippen LogP contribution < -0.4 is 10.6 Å². The van der Waals surface area contributed by atoms with Crippen LogP contribution in [0, 0.1) is 17.8 Å². The molecule has 0 unspecified atom stereocenters. The second-order valence-corrected chi connectivity index (χ2v) is 21.2. The van der Waals surface area contributed by atoms with E-state index in [1.807, 2.05) is 76.2 Å². The van der Waals surface area contributed by atoms with Crippen LogP contribution in [0.2, 0.25) is 0 Å². The van der Waals surface area contributed by atoms with Crippen molar-refractivity contribution in [2.45, 2.75) is 205 Å². The summed E-state index contributed by atoms with van der Waals surface area (Å²) in [6.45, 7) is 21.8. The molecule has 18 atom stereocenters. The lowest BCUT2D eigenvalue weighted by molar-refractivity contribution is -0.335. The summed E-state index contributed by atoms with van der Waals surface area (Å²) in [6, 6.07) is 19.4. The third-order valence-electron chi connectivity index (χ3n) is 15.4. The predicted molar refractivity (Wildman–Crippen MR) is 262 cm³/mol. The zero-order valence-corrected chi connectivity index (χ0v) is 43.2. The van der Waals surface area contributed by atoms with Gasteiger partial charge in [-0.2, -0.15) is 4.99 Å². The van der Waals surface area contributed by atoms with Gasteiger partial charge in [-0.1, -0.05) is 76.2 Å². The highest BCUT2D eigenvalue weighted by atomic mass is 16.7. The first kappa shape index (κ1) is 55.1. The number of carbonyl (C=O) groups is 1. The Balaban J connectivity index is 1.42. The van der Waals surface area contributed by atoms with Crippen LogP contribution in [0.15, 0.2) is 65.7 Å². The molecule has 4 aliphatic heterocycles. The van der Waals surface area contributed by atoms with Crippen molar-refractivity contribution in [2.75, 3.05) is 26.7 Å². The molecule has 4 aliphatic rings. The van der Waals surface area contributed by atoms with Gasteiger partial charge in [-0.25, -0.2) is 0 Å². The highest BCUT2D eigenvalue weighted by Crippen LogP contribution is 2.44. The maximum Gasteiger partial charge on any atom is 0.311 e. The van der Waals surface area contributed by atoms with Crippen LogP contribution in [-0.4, -0.2) is 154 Å². The summed E-state index contributed by atoms with van der Waals surface area (Å²) in [7, 11) is 1.55. The largest absolute Gasteiger partial charge is 0.459 e. The number of hydrogen-bond acceptors (Lipinski definition) is 15. The van der Waals surface area contributed by atoms with E-state index in [4.69, 9.17) is 38.2 Å². The van der Waals surface area contributed by atoms with Crippen molar-refractivity contribution in [3.63, 3.8) is 0 Å². The fraction of sp³-hybridized carbons (Fsp3) is 0.736. The topological polar surface area (TPSA) is 202 Å². The fourth-order valence-electron chi connectivity index (χ4n) is 11.1. The number of methoxy groups -OCH3 is 1. The van der Waals surface area contributed by atoms with Crippen molar-refractivity contribution < 1.29 is 58.4 Å². The minimum atomic E-state index is -1.83. The van der Waals surface area contributed by atoms with E-state index in [9.17, 15) is 25.2 Å². The van der Waals surface area contributed by atoms with E-state index < -0.39 is 95.5 Å². The first-order valence-electron chi connectivity index (χ1n) is 25.4. The maximum atomic E-state index is 14.7. The van der Waals surface area contributed by atoms with Gasteiger partial charge in [0.1, 0.15) is 29.0 Å². The van der Waals surface area contributed by atoms with Gasteiger partial charge in [0.05, 0.1) is 47.7 Å². The number of rotatable bonds is 13. The molecule has 16 nitrogen and oxygen atoms in total. The number of hydrogen-bond donors (Lipinski definition) is 6. The molecule has 6 rings (SSSR count). The Kier molecular flexibility index (Phi) is 18.4. The second-order valence-electron chi connectivity index (χ2n) is 21.2. The van der Waals surface area contributed by atoms with Crippen LogP contribution in [0.1, 0.15) is 114 Å². The smallest absolute Gasteiger partial charge is 0.311 e. The summed E-state index contributed by atoms with van der Waals surface area (Å²) >= 11 is 0. The zero-order chi connectivity index (χ0) is 50.5. The molecule has 0 aromatic heterocycles. The Labute approximate surface area is 410 Å².